The Balaban J connectivity index is 1.96. The number of amides is 2. The van der Waals surface area contributed by atoms with Gasteiger partial charge in [-0.1, -0.05) is 12.1 Å². The molecule has 0 saturated carbocycles. The average molecular weight is 367 g/mol. The van der Waals surface area contributed by atoms with Crippen LogP contribution in [0.15, 0.2) is 34.1 Å². The van der Waals surface area contributed by atoms with Crippen LogP contribution < -0.4 is 10.6 Å². The fraction of sp³-hybridized carbons (Fsp3) is 0.200. The molecule has 6 heteroatoms. The number of carbonyl (C=O) groups is 2. The van der Waals surface area contributed by atoms with Crippen LogP contribution in [-0.4, -0.2) is 18.9 Å². The highest BCUT2D eigenvalue weighted by Crippen LogP contribution is 2.27. The van der Waals surface area contributed by atoms with Crippen LogP contribution in [0.4, 0.5) is 0 Å². The SMILES string of the molecule is CNC(=O)c1ccc(CNC(=O)c2cc(C)c(Br)s2)cc1. The molecule has 2 N–H and O–H groups in total. The van der Waals surface area contributed by atoms with Crippen molar-refractivity contribution in [2.24, 2.45) is 0 Å². The summed E-state index contributed by atoms with van der Waals surface area (Å²) in [4.78, 5) is 24.1. The smallest absolute Gasteiger partial charge is 0.261 e. The first-order valence-corrected chi connectivity index (χ1v) is 7.97. The first kappa shape index (κ1) is 15.7. The van der Waals surface area contributed by atoms with Crippen LogP contribution in [0.1, 0.15) is 31.2 Å². The molecule has 0 bridgehead atoms. The topological polar surface area (TPSA) is 58.2 Å². The minimum atomic E-state index is -0.121. The molecule has 2 rings (SSSR count). The summed E-state index contributed by atoms with van der Waals surface area (Å²) in [6.07, 6.45) is 0. The summed E-state index contributed by atoms with van der Waals surface area (Å²) < 4.78 is 0.975. The van der Waals surface area contributed by atoms with Gasteiger partial charge in [-0.3, -0.25) is 9.59 Å². The number of carbonyl (C=O) groups excluding carboxylic acids is 2. The molecular formula is C15H15BrN2O2S. The molecule has 21 heavy (non-hydrogen) atoms. The highest BCUT2D eigenvalue weighted by molar-refractivity contribution is 9.11. The van der Waals surface area contributed by atoms with Crippen molar-refractivity contribution in [1.82, 2.24) is 10.6 Å². The third-order valence-corrected chi connectivity index (χ3v) is 5.11. The summed E-state index contributed by atoms with van der Waals surface area (Å²) >= 11 is 4.83. The van der Waals surface area contributed by atoms with Crippen molar-refractivity contribution in [3.05, 3.63) is 55.7 Å². The Morgan fingerprint density at radius 3 is 2.38 bits per heavy atom. The molecule has 4 nitrogen and oxygen atoms in total. The van der Waals surface area contributed by atoms with Crippen molar-refractivity contribution in [3.63, 3.8) is 0 Å². The molecule has 0 unspecified atom stereocenters. The Morgan fingerprint density at radius 1 is 1.19 bits per heavy atom. The molecule has 2 aromatic rings. The lowest BCUT2D eigenvalue weighted by atomic mass is 10.1. The molecule has 0 aliphatic rings. The lowest BCUT2D eigenvalue weighted by Gasteiger charge is -2.05. The Kier molecular flexibility index (Phi) is 5.14. The van der Waals surface area contributed by atoms with Crippen molar-refractivity contribution in [3.8, 4) is 0 Å². The van der Waals surface area contributed by atoms with E-state index in [1.807, 2.05) is 25.1 Å². The predicted molar refractivity (Wildman–Crippen MR) is 87.8 cm³/mol. The minimum absolute atomic E-state index is 0.0934. The lowest BCUT2D eigenvalue weighted by molar-refractivity contribution is 0.0949. The van der Waals surface area contributed by atoms with Crippen LogP contribution in [-0.2, 0) is 6.54 Å². The molecule has 0 fully saturated rings. The largest absolute Gasteiger partial charge is 0.355 e. The maximum Gasteiger partial charge on any atom is 0.261 e. The first-order valence-electron chi connectivity index (χ1n) is 6.36. The first-order chi connectivity index (χ1) is 10.0. The van der Waals surface area contributed by atoms with E-state index in [0.29, 0.717) is 17.0 Å². The van der Waals surface area contributed by atoms with Gasteiger partial charge in [-0.25, -0.2) is 0 Å². The molecule has 0 spiro atoms. The third-order valence-electron chi connectivity index (χ3n) is 2.98. The van der Waals surface area contributed by atoms with E-state index in [4.69, 9.17) is 0 Å². The zero-order chi connectivity index (χ0) is 15.4. The summed E-state index contributed by atoms with van der Waals surface area (Å²) in [5.74, 6) is -0.214. The molecule has 1 aromatic heterocycles. The maximum absolute atomic E-state index is 12.0. The van der Waals surface area contributed by atoms with Gasteiger partial charge in [0.05, 0.1) is 8.66 Å². The monoisotopic (exact) mass is 366 g/mol. The van der Waals surface area contributed by atoms with E-state index in [1.165, 1.54) is 11.3 Å². The van der Waals surface area contributed by atoms with Gasteiger partial charge in [0, 0.05) is 19.2 Å². The maximum atomic E-state index is 12.0. The molecule has 1 heterocycles. The molecule has 110 valence electrons. The second kappa shape index (κ2) is 6.87. The zero-order valence-electron chi connectivity index (χ0n) is 11.7. The Bertz CT molecular complexity index is 645. The average Bonchev–Trinajstić information content (AvgIpc) is 2.84. The van der Waals surface area contributed by atoms with Crippen molar-refractivity contribution in [1.29, 1.82) is 0 Å². The lowest BCUT2D eigenvalue weighted by Crippen LogP contribution is -2.22. The van der Waals surface area contributed by atoms with E-state index in [1.54, 1.807) is 19.2 Å². The highest BCUT2D eigenvalue weighted by atomic mass is 79.9. The second-order valence-electron chi connectivity index (χ2n) is 4.53. The normalized spacial score (nSPS) is 10.2. The predicted octanol–water partition coefficient (Wildman–Crippen LogP) is 3.11. The van der Waals surface area contributed by atoms with Crippen LogP contribution in [0.25, 0.3) is 0 Å². The molecule has 2 amide bonds. The van der Waals surface area contributed by atoms with Gasteiger partial charge in [-0.2, -0.15) is 0 Å². The highest BCUT2D eigenvalue weighted by Gasteiger charge is 2.11. The van der Waals surface area contributed by atoms with Gasteiger partial charge >= 0.3 is 0 Å². The van der Waals surface area contributed by atoms with Gasteiger partial charge in [-0.15, -0.1) is 11.3 Å². The number of benzene rings is 1. The van der Waals surface area contributed by atoms with Crippen LogP contribution in [0, 0.1) is 6.92 Å². The Labute approximate surface area is 135 Å². The zero-order valence-corrected chi connectivity index (χ0v) is 14.1. The van der Waals surface area contributed by atoms with Gasteiger partial charge in [0.1, 0.15) is 0 Å². The van der Waals surface area contributed by atoms with Crippen molar-refractivity contribution in [2.45, 2.75) is 13.5 Å². The molecular weight excluding hydrogens is 352 g/mol. The van der Waals surface area contributed by atoms with E-state index < -0.39 is 0 Å². The summed E-state index contributed by atoms with van der Waals surface area (Å²) in [6.45, 7) is 2.39. The number of rotatable bonds is 4. The molecule has 0 radical (unpaired) electrons. The van der Waals surface area contributed by atoms with Crippen LogP contribution in [0.5, 0.6) is 0 Å². The quantitative estimate of drug-likeness (QED) is 0.873. The summed E-state index contributed by atoms with van der Waals surface area (Å²) in [7, 11) is 1.59. The summed E-state index contributed by atoms with van der Waals surface area (Å²) in [6, 6.07) is 9.01. The molecule has 0 atom stereocenters. The van der Waals surface area contributed by atoms with Gasteiger partial charge < -0.3 is 10.6 Å². The van der Waals surface area contributed by atoms with E-state index in [2.05, 4.69) is 26.6 Å². The Morgan fingerprint density at radius 2 is 1.86 bits per heavy atom. The van der Waals surface area contributed by atoms with Crippen LogP contribution in [0.2, 0.25) is 0 Å². The summed E-state index contributed by atoms with van der Waals surface area (Å²) in [5.41, 5.74) is 2.61. The van der Waals surface area contributed by atoms with Crippen LogP contribution in [0.3, 0.4) is 0 Å². The molecule has 0 saturated heterocycles. The van der Waals surface area contributed by atoms with Crippen molar-refractivity contribution < 1.29 is 9.59 Å². The minimum Gasteiger partial charge on any atom is -0.355 e. The standard InChI is InChI=1S/C15H15BrN2O2S/c1-9-7-12(21-13(9)16)15(20)18-8-10-3-5-11(6-4-10)14(19)17-2/h3-7H,8H2,1-2H3,(H,17,19)(H,18,20). The summed E-state index contributed by atoms with van der Waals surface area (Å²) in [5, 5.41) is 5.44. The van der Waals surface area contributed by atoms with Gasteiger partial charge in [0.25, 0.3) is 11.8 Å². The number of aryl methyl sites for hydroxylation is 1. The number of halogens is 1. The van der Waals surface area contributed by atoms with E-state index in [-0.39, 0.29) is 11.8 Å². The Hall–Kier alpha value is -1.66. The van der Waals surface area contributed by atoms with Gasteiger partial charge in [0.2, 0.25) is 0 Å². The van der Waals surface area contributed by atoms with Gasteiger partial charge in [0.15, 0.2) is 0 Å². The molecule has 0 aliphatic carbocycles. The van der Waals surface area contributed by atoms with E-state index in [0.717, 1.165) is 14.9 Å². The van der Waals surface area contributed by atoms with E-state index in [9.17, 15) is 9.59 Å². The van der Waals surface area contributed by atoms with Crippen molar-refractivity contribution in [2.75, 3.05) is 7.05 Å². The van der Waals surface area contributed by atoms with Crippen LogP contribution >= 0.6 is 27.3 Å². The fourth-order valence-electron chi connectivity index (χ4n) is 1.76. The van der Waals surface area contributed by atoms with Gasteiger partial charge in [-0.05, 0) is 52.2 Å². The van der Waals surface area contributed by atoms with E-state index >= 15 is 0 Å². The second-order valence-corrected chi connectivity index (χ2v) is 6.90. The fourth-order valence-corrected chi connectivity index (χ4v) is 3.21. The van der Waals surface area contributed by atoms with Crippen molar-refractivity contribution >= 4 is 39.1 Å². The number of thiophene rings is 1. The number of hydrogen-bond acceptors (Lipinski definition) is 3. The third kappa shape index (κ3) is 3.92. The number of nitrogens with one attached hydrogen (secondary N) is 2. The number of hydrogen-bond donors (Lipinski definition) is 2. The molecule has 1 aromatic carbocycles. The molecule has 0 aliphatic heterocycles.